The predicted octanol–water partition coefficient (Wildman–Crippen LogP) is 0.541. The van der Waals surface area contributed by atoms with E-state index in [0.717, 1.165) is 19.1 Å². The molecule has 1 saturated carbocycles. The molecule has 3 N–H and O–H groups in total. The number of amides is 2. The van der Waals surface area contributed by atoms with Crippen LogP contribution in [-0.4, -0.2) is 48.0 Å². The molecular formula is C14H21N3O5S2. The molecule has 134 valence electrons. The zero-order valence-corrected chi connectivity index (χ0v) is 14.9. The first-order chi connectivity index (χ1) is 11.2. The molecule has 1 aliphatic rings. The number of sulfone groups is 1. The minimum Gasteiger partial charge on any atom is -0.337 e. The topological polar surface area (TPSA) is 121 Å². The summed E-state index contributed by atoms with van der Waals surface area (Å²) < 4.78 is 48.6. The van der Waals surface area contributed by atoms with Crippen molar-refractivity contribution < 1.29 is 21.6 Å². The van der Waals surface area contributed by atoms with Crippen molar-refractivity contribution in [3.05, 3.63) is 24.3 Å². The lowest BCUT2D eigenvalue weighted by Gasteiger charge is -2.09. The summed E-state index contributed by atoms with van der Waals surface area (Å²) in [6, 6.07) is 5.20. The smallest absolute Gasteiger partial charge is 0.319 e. The highest BCUT2D eigenvalue weighted by Crippen LogP contribution is 2.28. The summed E-state index contributed by atoms with van der Waals surface area (Å²) in [6.07, 6.45) is 3.20. The molecule has 2 rings (SSSR count). The monoisotopic (exact) mass is 375 g/mol. The second kappa shape index (κ2) is 7.49. The lowest BCUT2D eigenvalue weighted by molar-refractivity contribution is 0.252. The fraction of sp³-hybridized carbons (Fsp3) is 0.500. The Morgan fingerprint density at radius 1 is 1.12 bits per heavy atom. The summed E-state index contributed by atoms with van der Waals surface area (Å²) in [5, 5.41) is 4.92. The van der Waals surface area contributed by atoms with Gasteiger partial charge in [0, 0.05) is 25.0 Å². The van der Waals surface area contributed by atoms with Crippen molar-refractivity contribution in [2.75, 3.05) is 30.4 Å². The molecule has 2 amide bonds. The second-order valence-electron chi connectivity index (χ2n) is 5.83. The van der Waals surface area contributed by atoms with Gasteiger partial charge in [-0.15, -0.1) is 0 Å². The van der Waals surface area contributed by atoms with E-state index in [1.807, 2.05) is 0 Å². The van der Waals surface area contributed by atoms with Crippen LogP contribution in [0.25, 0.3) is 0 Å². The maximum Gasteiger partial charge on any atom is 0.319 e. The fourth-order valence-electron chi connectivity index (χ4n) is 1.88. The van der Waals surface area contributed by atoms with Crippen LogP contribution in [0.2, 0.25) is 0 Å². The third-order valence-electron chi connectivity index (χ3n) is 3.44. The molecule has 0 aromatic heterocycles. The van der Waals surface area contributed by atoms with E-state index in [1.165, 1.54) is 24.3 Å². The first-order valence-electron chi connectivity index (χ1n) is 7.48. The molecule has 24 heavy (non-hydrogen) atoms. The van der Waals surface area contributed by atoms with Crippen LogP contribution in [0.3, 0.4) is 0 Å². The SMILES string of the molecule is CS(=O)(=O)CCNC(=O)Nc1ccc(S(=O)(=O)NCC2CC2)cc1. The zero-order valence-electron chi connectivity index (χ0n) is 13.3. The van der Waals surface area contributed by atoms with Gasteiger partial charge in [-0.3, -0.25) is 0 Å². The summed E-state index contributed by atoms with van der Waals surface area (Å²) >= 11 is 0. The second-order valence-corrected chi connectivity index (χ2v) is 9.86. The standard InChI is InChI=1S/C14H21N3O5S2/c1-23(19,20)9-8-15-14(18)17-12-4-6-13(7-5-12)24(21,22)16-10-11-2-3-11/h4-7,11,16H,2-3,8-10H2,1H3,(H2,15,17,18). The van der Waals surface area contributed by atoms with E-state index < -0.39 is 25.9 Å². The maximum atomic E-state index is 12.1. The normalized spacial score (nSPS) is 15.0. The van der Waals surface area contributed by atoms with Crippen molar-refractivity contribution in [1.29, 1.82) is 0 Å². The van der Waals surface area contributed by atoms with Gasteiger partial charge in [0.25, 0.3) is 0 Å². The fourth-order valence-corrected chi connectivity index (χ4v) is 3.46. The summed E-state index contributed by atoms with van der Waals surface area (Å²) in [5.41, 5.74) is 0.410. The molecule has 10 heteroatoms. The predicted molar refractivity (Wildman–Crippen MR) is 91.1 cm³/mol. The van der Waals surface area contributed by atoms with Crippen LogP contribution in [0.5, 0.6) is 0 Å². The lowest BCUT2D eigenvalue weighted by Crippen LogP contribution is -2.32. The van der Waals surface area contributed by atoms with Gasteiger partial charge in [-0.1, -0.05) is 0 Å². The molecule has 0 atom stereocenters. The third kappa shape index (κ3) is 6.46. The van der Waals surface area contributed by atoms with Crippen molar-refractivity contribution in [2.45, 2.75) is 17.7 Å². The summed E-state index contributed by atoms with van der Waals surface area (Å²) in [6.45, 7) is 0.452. The molecule has 1 aromatic rings. The Hall–Kier alpha value is -1.65. The van der Waals surface area contributed by atoms with Crippen molar-refractivity contribution in [1.82, 2.24) is 10.0 Å². The van der Waals surface area contributed by atoms with Crippen LogP contribution in [0.15, 0.2) is 29.2 Å². The molecule has 0 radical (unpaired) electrons. The van der Waals surface area contributed by atoms with Gasteiger partial charge in [-0.25, -0.2) is 26.4 Å². The van der Waals surface area contributed by atoms with Crippen molar-refractivity contribution in [3.8, 4) is 0 Å². The lowest BCUT2D eigenvalue weighted by atomic mass is 10.3. The van der Waals surface area contributed by atoms with Gasteiger partial charge in [0.2, 0.25) is 10.0 Å². The number of benzene rings is 1. The average Bonchev–Trinajstić information content (AvgIpc) is 3.28. The van der Waals surface area contributed by atoms with Crippen molar-refractivity contribution in [3.63, 3.8) is 0 Å². The third-order valence-corrected chi connectivity index (χ3v) is 5.83. The largest absolute Gasteiger partial charge is 0.337 e. The number of urea groups is 1. The van der Waals surface area contributed by atoms with E-state index in [1.54, 1.807) is 0 Å². The maximum absolute atomic E-state index is 12.1. The first-order valence-corrected chi connectivity index (χ1v) is 11.0. The molecule has 1 fully saturated rings. The van der Waals surface area contributed by atoms with Gasteiger partial charge in [-0.2, -0.15) is 0 Å². The van der Waals surface area contributed by atoms with E-state index >= 15 is 0 Å². The van der Waals surface area contributed by atoms with Gasteiger partial charge in [0.05, 0.1) is 10.6 Å². The van der Waals surface area contributed by atoms with Gasteiger partial charge < -0.3 is 10.6 Å². The van der Waals surface area contributed by atoms with Crippen LogP contribution < -0.4 is 15.4 Å². The van der Waals surface area contributed by atoms with Crippen LogP contribution in [0.4, 0.5) is 10.5 Å². The highest BCUT2D eigenvalue weighted by atomic mass is 32.2. The van der Waals surface area contributed by atoms with E-state index in [-0.39, 0.29) is 17.2 Å². The Bertz CT molecular complexity index is 784. The first kappa shape index (κ1) is 18.7. The Labute approximate surface area is 142 Å². The Balaban J connectivity index is 1.85. The van der Waals surface area contributed by atoms with Crippen molar-refractivity contribution in [2.24, 2.45) is 5.92 Å². The zero-order chi connectivity index (χ0) is 17.8. The number of sulfonamides is 1. The van der Waals surface area contributed by atoms with E-state index in [4.69, 9.17) is 0 Å². The van der Waals surface area contributed by atoms with Gasteiger partial charge >= 0.3 is 6.03 Å². The highest BCUT2D eigenvalue weighted by molar-refractivity contribution is 7.90. The number of anilines is 1. The Morgan fingerprint density at radius 2 is 1.75 bits per heavy atom. The van der Waals surface area contributed by atoms with E-state index in [0.29, 0.717) is 18.2 Å². The Morgan fingerprint density at radius 3 is 2.29 bits per heavy atom. The summed E-state index contributed by atoms with van der Waals surface area (Å²) in [7, 11) is -6.67. The highest BCUT2D eigenvalue weighted by Gasteiger charge is 2.24. The summed E-state index contributed by atoms with van der Waals surface area (Å²) in [4.78, 5) is 11.7. The minimum atomic E-state index is -3.54. The molecule has 8 nitrogen and oxygen atoms in total. The molecule has 1 aromatic carbocycles. The average molecular weight is 375 g/mol. The van der Waals surface area contributed by atoms with Gasteiger partial charge in [-0.05, 0) is 43.0 Å². The van der Waals surface area contributed by atoms with Crippen LogP contribution in [0.1, 0.15) is 12.8 Å². The number of nitrogens with one attached hydrogen (secondary N) is 3. The van der Waals surface area contributed by atoms with Crippen LogP contribution in [0, 0.1) is 5.92 Å². The van der Waals surface area contributed by atoms with E-state index in [9.17, 15) is 21.6 Å². The quantitative estimate of drug-likeness (QED) is 0.612. The molecule has 0 unspecified atom stereocenters. The van der Waals surface area contributed by atoms with Crippen LogP contribution >= 0.6 is 0 Å². The van der Waals surface area contributed by atoms with Gasteiger partial charge in [0.1, 0.15) is 9.84 Å². The van der Waals surface area contributed by atoms with Crippen molar-refractivity contribution >= 4 is 31.6 Å². The minimum absolute atomic E-state index is 0.00220. The number of hydrogen-bond acceptors (Lipinski definition) is 5. The molecular weight excluding hydrogens is 354 g/mol. The molecule has 0 heterocycles. The molecule has 0 saturated heterocycles. The van der Waals surface area contributed by atoms with Gasteiger partial charge in [0.15, 0.2) is 0 Å². The molecule has 1 aliphatic carbocycles. The molecule has 0 aliphatic heterocycles. The number of hydrogen-bond donors (Lipinski definition) is 3. The molecule has 0 bridgehead atoms. The molecule has 0 spiro atoms. The number of carbonyl (C=O) groups is 1. The van der Waals surface area contributed by atoms with Crippen LogP contribution in [-0.2, 0) is 19.9 Å². The summed E-state index contributed by atoms with van der Waals surface area (Å²) in [5.74, 6) is 0.293. The number of carbonyl (C=O) groups excluding carboxylic acids is 1. The van der Waals surface area contributed by atoms with E-state index in [2.05, 4.69) is 15.4 Å². The number of rotatable bonds is 8. The Kier molecular flexibility index (Phi) is 5.83.